The molecule has 0 spiro atoms. The lowest BCUT2D eigenvalue weighted by Gasteiger charge is -2.23. The number of fused-ring (bicyclic) bond motifs is 1. The zero-order chi connectivity index (χ0) is 13.2. The van der Waals surface area contributed by atoms with Crippen molar-refractivity contribution in [3.05, 3.63) is 29.8 Å². The average Bonchev–Trinajstić information content (AvgIpc) is 3.06. The first-order chi connectivity index (χ1) is 9.31. The fraction of sp³-hybridized carbons (Fsp3) is 0.467. The van der Waals surface area contributed by atoms with Gasteiger partial charge in [0.05, 0.1) is 7.11 Å². The van der Waals surface area contributed by atoms with Crippen LogP contribution in [-0.2, 0) is 6.54 Å². The van der Waals surface area contributed by atoms with E-state index in [4.69, 9.17) is 14.2 Å². The summed E-state index contributed by atoms with van der Waals surface area (Å²) >= 11 is 0. The highest BCUT2D eigenvalue weighted by Crippen LogP contribution is 2.42. The van der Waals surface area contributed by atoms with Crippen molar-refractivity contribution >= 4 is 0 Å². The standard InChI is InChI=1S/C15H19NO3/c1-3-12-5-4-6-16(12)9-11-7-13(17-2)15-14(8-11)18-10-19-15/h4-5,7-8,12H,3,6,9-10H2,1-2H3. The third kappa shape index (κ3) is 2.28. The third-order valence-electron chi connectivity index (χ3n) is 3.69. The highest BCUT2D eigenvalue weighted by atomic mass is 16.7. The summed E-state index contributed by atoms with van der Waals surface area (Å²) in [6.07, 6.45) is 5.65. The number of benzene rings is 1. The predicted molar refractivity (Wildman–Crippen MR) is 72.7 cm³/mol. The van der Waals surface area contributed by atoms with Crippen LogP contribution in [0.25, 0.3) is 0 Å². The minimum Gasteiger partial charge on any atom is -0.493 e. The molecule has 3 rings (SSSR count). The lowest BCUT2D eigenvalue weighted by molar-refractivity contribution is 0.171. The van der Waals surface area contributed by atoms with Gasteiger partial charge < -0.3 is 14.2 Å². The van der Waals surface area contributed by atoms with Crippen molar-refractivity contribution in [1.29, 1.82) is 0 Å². The monoisotopic (exact) mass is 261 g/mol. The van der Waals surface area contributed by atoms with Crippen molar-refractivity contribution in [2.24, 2.45) is 0 Å². The number of nitrogens with zero attached hydrogens (tertiary/aromatic N) is 1. The minimum absolute atomic E-state index is 0.276. The Morgan fingerprint density at radius 3 is 3.05 bits per heavy atom. The van der Waals surface area contributed by atoms with E-state index in [2.05, 4.69) is 30.0 Å². The van der Waals surface area contributed by atoms with Crippen molar-refractivity contribution in [3.63, 3.8) is 0 Å². The van der Waals surface area contributed by atoms with Crippen molar-refractivity contribution in [1.82, 2.24) is 4.90 Å². The molecule has 19 heavy (non-hydrogen) atoms. The Morgan fingerprint density at radius 1 is 1.37 bits per heavy atom. The molecule has 102 valence electrons. The van der Waals surface area contributed by atoms with Crippen LogP contribution < -0.4 is 14.2 Å². The second kappa shape index (κ2) is 5.13. The van der Waals surface area contributed by atoms with Gasteiger partial charge >= 0.3 is 0 Å². The zero-order valence-electron chi connectivity index (χ0n) is 11.4. The van der Waals surface area contributed by atoms with E-state index >= 15 is 0 Å². The lowest BCUT2D eigenvalue weighted by atomic mass is 10.1. The van der Waals surface area contributed by atoms with E-state index in [0.717, 1.165) is 36.8 Å². The Hall–Kier alpha value is -1.68. The van der Waals surface area contributed by atoms with Crippen LogP contribution in [0.3, 0.4) is 0 Å². The van der Waals surface area contributed by atoms with Gasteiger partial charge in [0.2, 0.25) is 12.5 Å². The van der Waals surface area contributed by atoms with Crippen molar-refractivity contribution in [2.75, 3.05) is 20.4 Å². The first-order valence-electron chi connectivity index (χ1n) is 6.69. The molecule has 0 N–H and O–H groups in total. The molecular weight excluding hydrogens is 242 g/mol. The average molecular weight is 261 g/mol. The Bertz CT molecular complexity index is 498. The molecule has 1 aromatic rings. The van der Waals surface area contributed by atoms with E-state index in [1.54, 1.807) is 7.11 Å². The largest absolute Gasteiger partial charge is 0.493 e. The molecule has 0 fully saturated rings. The summed E-state index contributed by atoms with van der Waals surface area (Å²) in [4.78, 5) is 2.44. The number of ether oxygens (including phenoxy) is 3. The molecule has 1 aromatic carbocycles. The van der Waals surface area contributed by atoms with Gasteiger partial charge in [-0.25, -0.2) is 0 Å². The molecule has 2 heterocycles. The topological polar surface area (TPSA) is 30.9 Å². The van der Waals surface area contributed by atoms with Gasteiger partial charge in [-0.1, -0.05) is 19.1 Å². The summed E-state index contributed by atoms with van der Waals surface area (Å²) in [5.74, 6) is 2.26. The van der Waals surface area contributed by atoms with Gasteiger partial charge in [0.1, 0.15) is 0 Å². The van der Waals surface area contributed by atoms with Gasteiger partial charge in [-0.05, 0) is 24.1 Å². The maximum absolute atomic E-state index is 5.46. The van der Waals surface area contributed by atoms with E-state index in [-0.39, 0.29) is 6.79 Å². The fourth-order valence-electron chi connectivity index (χ4n) is 2.70. The van der Waals surface area contributed by atoms with Crippen LogP contribution in [0.2, 0.25) is 0 Å². The molecule has 0 saturated heterocycles. The van der Waals surface area contributed by atoms with Gasteiger partial charge in [-0.3, -0.25) is 4.90 Å². The highest BCUT2D eigenvalue weighted by molar-refractivity contribution is 5.55. The van der Waals surface area contributed by atoms with Crippen LogP contribution in [0.15, 0.2) is 24.3 Å². The fourth-order valence-corrected chi connectivity index (χ4v) is 2.70. The molecule has 0 amide bonds. The molecule has 0 saturated carbocycles. The molecule has 2 aliphatic heterocycles. The summed E-state index contributed by atoms with van der Waals surface area (Å²) in [6.45, 7) is 4.40. The number of hydrogen-bond acceptors (Lipinski definition) is 4. The van der Waals surface area contributed by atoms with Gasteiger partial charge in [0, 0.05) is 19.1 Å². The van der Waals surface area contributed by atoms with E-state index in [1.165, 1.54) is 5.56 Å². The normalized spacial score (nSPS) is 21.1. The van der Waals surface area contributed by atoms with Crippen LogP contribution in [0.1, 0.15) is 18.9 Å². The Labute approximate surface area is 113 Å². The minimum atomic E-state index is 0.276. The predicted octanol–water partition coefficient (Wildman–Crippen LogP) is 2.57. The van der Waals surface area contributed by atoms with Gasteiger partial charge in [-0.15, -0.1) is 0 Å². The van der Waals surface area contributed by atoms with Crippen LogP contribution in [0.4, 0.5) is 0 Å². The summed E-state index contributed by atoms with van der Waals surface area (Å²) in [5, 5.41) is 0. The maximum atomic E-state index is 5.46. The SMILES string of the molecule is CCC1C=CCN1Cc1cc(OC)c2c(c1)OCO2. The second-order valence-electron chi connectivity index (χ2n) is 4.87. The van der Waals surface area contributed by atoms with Gasteiger partial charge in [-0.2, -0.15) is 0 Å². The van der Waals surface area contributed by atoms with Crippen LogP contribution in [0, 0.1) is 0 Å². The summed E-state index contributed by atoms with van der Waals surface area (Å²) < 4.78 is 16.3. The summed E-state index contributed by atoms with van der Waals surface area (Å²) in [7, 11) is 1.66. The lowest BCUT2D eigenvalue weighted by Crippen LogP contribution is -2.28. The van der Waals surface area contributed by atoms with Crippen LogP contribution in [0.5, 0.6) is 17.2 Å². The molecule has 0 bridgehead atoms. The van der Waals surface area contributed by atoms with Gasteiger partial charge in [0.25, 0.3) is 0 Å². The van der Waals surface area contributed by atoms with Gasteiger partial charge in [0.15, 0.2) is 11.5 Å². The smallest absolute Gasteiger partial charge is 0.231 e. The molecule has 2 aliphatic rings. The zero-order valence-corrected chi connectivity index (χ0v) is 11.4. The van der Waals surface area contributed by atoms with E-state index in [9.17, 15) is 0 Å². The summed E-state index contributed by atoms with van der Waals surface area (Å²) in [5.41, 5.74) is 1.20. The van der Waals surface area contributed by atoms with Crippen LogP contribution in [-0.4, -0.2) is 31.4 Å². The number of rotatable bonds is 4. The highest BCUT2D eigenvalue weighted by Gasteiger charge is 2.23. The Balaban J connectivity index is 1.82. The molecular formula is C15H19NO3. The molecule has 0 radical (unpaired) electrons. The van der Waals surface area contributed by atoms with Crippen molar-refractivity contribution < 1.29 is 14.2 Å². The molecule has 4 heteroatoms. The third-order valence-corrected chi connectivity index (χ3v) is 3.69. The van der Waals surface area contributed by atoms with Crippen LogP contribution >= 0.6 is 0 Å². The first kappa shape index (κ1) is 12.4. The van der Waals surface area contributed by atoms with E-state index in [1.807, 2.05) is 6.07 Å². The Kier molecular flexibility index (Phi) is 3.34. The first-order valence-corrected chi connectivity index (χ1v) is 6.69. The van der Waals surface area contributed by atoms with E-state index in [0.29, 0.717) is 6.04 Å². The number of methoxy groups -OCH3 is 1. The number of hydrogen-bond donors (Lipinski definition) is 0. The van der Waals surface area contributed by atoms with Crippen molar-refractivity contribution in [3.8, 4) is 17.2 Å². The summed E-state index contributed by atoms with van der Waals surface area (Å²) in [6, 6.07) is 4.63. The molecule has 0 aromatic heterocycles. The van der Waals surface area contributed by atoms with E-state index < -0.39 is 0 Å². The quantitative estimate of drug-likeness (QED) is 0.779. The molecule has 1 atom stereocenters. The molecule has 0 aliphatic carbocycles. The molecule has 1 unspecified atom stereocenters. The Morgan fingerprint density at radius 2 is 2.26 bits per heavy atom. The molecule has 4 nitrogen and oxygen atoms in total. The second-order valence-corrected chi connectivity index (χ2v) is 4.87. The van der Waals surface area contributed by atoms with Crippen molar-refractivity contribution in [2.45, 2.75) is 25.9 Å². The maximum Gasteiger partial charge on any atom is 0.231 e.